The predicted octanol–water partition coefficient (Wildman–Crippen LogP) is 2.21. The van der Waals surface area contributed by atoms with E-state index in [-0.39, 0.29) is 0 Å². The van der Waals surface area contributed by atoms with E-state index in [0.717, 1.165) is 30.9 Å². The van der Waals surface area contributed by atoms with E-state index in [1.54, 1.807) is 0 Å². The van der Waals surface area contributed by atoms with Gasteiger partial charge >= 0.3 is 0 Å². The third kappa shape index (κ3) is 2.59. The maximum atomic E-state index is 8.78. The quantitative estimate of drug-likeness (QED) is 0.668. The van der Waals surface area contributed by atoms with Gasteiger partial charge in [0.15, 0.2) is 0 Å². The summed E-state index contributed by atoms with van der Waals surface area (Å²) in [7, 11) is 0. The Bertz CT molecular complexity index is 146. The first kappa shape index (κ1) is 9.72. The van der Waals surface area contributed by atoms with Crippen LogP contribution >= 0.6 is 0 Å². The van der Waals surface area contributed by atoms with Crippen molar-refractivity contribution in [2.75, 3.05) is 6.61 Å². The van der Waals surface area contributed by atoms with Crippen LogP contribution in [0, 0.1) is 17.2 Å². The molecule has 70 valence electrons. The summed E-state index contributed by atoms with van der Waals surface area (Å²) < 4.78 is 0. The number of nitrogens with one attached hydrogen (secondary N) is 1. The van der Waals surface area contributed by atoms with Crippen LogP contribution in [0.5, 0.6) is 0 Å². The minimum Gasteiger partial charge on any atom is -0.396 e. The molecule has 1 aliphatic rings. The molecule has 2 nitrogen and oxygen atoms in total. The first-order valence-corrected chi connectivity index (χ1v) is 4.91. The zero-order valence-electron chi connectivity index (χ0n) is 7.84. The third-order valence-corrected chi connectivity index (χ3v) is 3.02. The summed E-state index contributed by atoms with van der Waals surface area (Å²) in [5.74, 6) is 1.40. The zero-order chi connectivity index (χ0) is 8.97. The number of hydrogen-bond donors (Lipinski definition) is 2. The summed E-state index contributed by atoms with van der Waals surface area (Å²) >= 11 is 0. The molecule has 0 amide bonds. The molecule has 1 fully saturated rings. The molecule has 1 atom stereocenters. The molecule has 0 bridgehead atoms. The van der Waals surface area contributed by atoms with Gasteiger partial charge in [0.2, 0.25) is 0 Å². The van der Waals surface area contributed by atoms with Crippen molar-refractivity contribution in [1.82, 2.24) is 0 Å². The topological polar surface area (TPSA) is 44.1 Å². The van der Waals surface area contributed by atoms with Crippen LogP contribution in [0.25, 0.3) is 0 Å². The molecule has 0 aromatic heterocycles. The molecule has 0 saturated heterocycles. The molecule has 1 unspecified atom stereocenters. The molecule has 1 saturated carbocycles. The fraction of sp³-hybridized carbons (Fsp3) is 0.900. The summed E-state index contributed by atoms with van der Waals surface area (Å²) in [6, 6.07) is 0. The Hall–Kier alpha value is -0.370. The lowest BCUT2D eigenvalue weighted by Crippen LogP contribution is -2.20. The minimum atomic E-state index is 0.315. The van der Waals surface area contributed by atoms with Crippen LogP contribution < -0.4 is 0 Å². The summed E-state index contributed by atoms with van der Waals surface area (Å²) in [5, 5.41) is 16.2. The van der Waals surface area contributed by atoms with Gasteiger partial charge in [0.25, 0.3) is 0 Å². The van der Waals surface area contributed by atoms with E-state index in [4.69, 9.17) is 10.5 Å². The molecule has 0 heterocycles. The van der Waals surface area contributed by atoms with Crippen molar-refractivity contribution >= 4 is 5.71 Å². The number of aliphatic hydroxyl groups excluding tert-OH is 1. The summed E-state index contributed by atoms with van der Waals surface area (Å²) in [5.41, 5.74) is 0.919. The highest BCUT2D eigenvalue weighted by molar-refractivity contribution is 5.81. The van der Waals surface area contributed by atoms with Gasteiger partial charge in [-0.05, 0) is 43.9 Å². The maximum Gasteiger partial charge on any atom is 0.0433 e. The van der Waals surface area contributed by atoms with Crippen LogP contribution in [0.4, 0.5) is 0 Å². The van der Waals surface area contributed by atoms with Gasteiger partial charge in [-0.1, -0.05) is 6.92 Å². The molecule has 0 aromatic rings. The number of aliphatic hydroxyl groups is 1. The van der Waals surface area contributed by atoms with Gasteiger partial charge in [-0.25, -0.2) is 0 Å². The van der Waals surface area contributed by atoms with Crippen LogP contribution in [-0.4, -0.2) is 17.4 Å². The van der Waals surface area contributed by atoms with E-state index in [0.29, 0.717) is 12.5 Å². The molecule has 0 aromatic carbocycles. The molecule has 0 radical (unpaired) electrons. The normalized spacial score (nSPS) is 27.2. The van der Waals surface area contributed by atoms with Crippen molar-refractivity contribution in [3.8, 4) is 0 Å². The largest absolute Gasteiger partial charge is 0.396 e. The first-order chi connectivity index (χ1) is 5.74. The Morgan fingerprint density at radius 3 is 2.58 bits per heavy atom. The highest BCUT2D eigenvalue weighted by atomic mass is 16.3. The monoisotopic (exact) mass is 169 g/mol. The predicted molar refractivity (Wildman–Crippen MR) is 50.6 cm³/mol. The smallest absolute Gasteiger partial charge is 0.0433 e. The molecule has 1 rings (SSSR count). The Morgan fingerprint density at radius 2 is 2.08 bits per heavy atom. The highest BCUT2D eigenvalue weighted by Gasteiger charge is 2.21. The second-order valence-electron chi connectivity index (χ2n) is 3.93. The maximum absolute atomic E-state index is 8.78. The van der Waals surface area contributed by atoms with Crippen LogP contribution in [0.1, 0.15) is 39.0 Å². The van der Waals surface area contributed by atoms with E-state index in [2.05, 4.69) is 6.92 Å². The molecule has 0 spiro atoms. The van der Waals surface area contributed by atoms with Gasteiger partial charge in [0, 0.05) is 12.3 Å². The molecule has 12 heavy (non-hydrogen) atoms. The summed E-state index contributed by atoms with van der Waals surface area (Å²) in [6.45, 7) is 2.53. The van der Waals surface area contributed by atoms with Crippen molar-refractivity contribution in [3.63, 3.8) is 0 Å². The van der Waals surface area contributed by atoms with Crippen molar-refractivity contribution in [2.24, 2.45) is 11.8 Å². The van der Waals surface area contributed by atoms with E-state index in [1.165, 1.54) is 12.8 Å². The van der Waals surface area contributed by atoms with E-state index in [9.17, 15) is 0 Å². The Kier molecular flexibility index (Phi) is 3.73. The average Bonchev–Trinajstić information content (AvgIpc) is 2.06. The van der Waals surface area contributed by atoms with Gasteiger partial charge in [-0.15, -0.1) is 0 Å². The Balaban J connectivity index is 2.28. The van der Waals surface area contributed by atoms with Crippen LogP contribution in [0.3, 0.4) is 0 Å². The van der Waals surface area contributed by atoms with Crippen LogP contribution in [-0.2, 0) is 0 Å². The lowest BCUT2D eigenvalue weighted by molar-refractivity contribution is 0.215. The Morgan fingerprint density at radius 1 is 1.50 bits per heavy atom. The summed E-state index contributed by atoms with van der Waals surface area (Å²) in [6.07, 6.45) is 5.23. The second kappa shape index (κ2) is 4.61. The minimum absolute atomic E-state index is 0.315. The molecule has 2 N–H and O–H groups in total. The van der Waals surface area contributed by atoms with Crippen molar-refractivity contribution < 1.29 is 5.11 Å². The Labute approximate surface area is 74.5 Å². The van der Waals surface area contributed by atoms with Gasteiger partial charge in [0.05, 0.1) is 0 Å². The van der Waals surface area contributed by atoms with E-state index in [1.807, 2.05) is 0 Å². The van der Waals surface area contributed by atoms with Gasteiger partial charge in [-0.3, -0.25) is 0 Å². The fourth-order valence-corrected chi connectivity index (χ4v) is 2.00. The lowest BCUT2D eigenvalue weighted by Gasteiger charge is -2.27. The molecule has 2 heteroatoms. The van der Waals surface area contributed by atoms with Crippen molar-refractivity contribution in [3.05, 3.63) is 0 Å². The van der Waals surface area contributed by atoms with Crippen molar-refractivity contribution in [2.45, 2.75) is 39.0 Å². The average molecular weight is 169 g/mol. The fourth-order valence-electron chi connectivity index (χ4n) is 2.00. The zero-order valence-corrected chi connectivity index (χ0v) is 7.84. The standard InChI is InChI=1S/C10H19NO/c1-8(6-7-12)9-2-4-10(11)5-3-9/h8-9,11-12H,2-7H2,1H3. The molecule has 1 aliphatic carbocycles. The third-order valence-electron chi connectivity index (χ3n) is 3.02. The highest BCUT2D eigenvalue weighted by Crippen LogP contribution is 2.29. The van der Waals surface area contributed by atoms with E-state index >= 15 is 0 Å². The van der Waals surface area contributed by atoms with Gasteiger partial charge in [0.1, 0.15) is 0 Å². The van der Waals surface area contributed by atoms with Gasteiger partial charge < -0.3 is 10.5 Å². The number of rotatable bonds is 3. The lowest BCUT2D eigenvalue weighted by atomic mass is 9.79. The SMILES string of the molecule is CC(CCO)C1CCC(=N)CC1. The van der Waals surface area contributed by atoms with Gasteiger partial charge in [-0.2, -0.15) is 0 Å². The molecule has 0 aliphatic heterocycles. The second-order valence-corrected chi connectivity index (χ2v) is 3.93. The molecular formula is C10H19NO. The van der Waals surface area contributed by atoms with Crippen LogP contribution in [0.15, 0.2) is 0 Å². The van der Waals surface area contributed by atoms with Crippen LogP contribution in [0.2, 0.25) is 0 Å². The number of hydrogen-bond acceptors (Lipinski definition) is 2. The molecular weight excluding hydrogens is 150 g/mol. The first-order valence-electron chi connectivity index (χ1n) is 4.91. The summed E-state index contributed by atoms with van der Waals surface area (Å²) in [4.78, 5) is 0. The van der Waals surface area contributed by atoms with E-state index < -0.39 is 0 Å². The van der Waals surface area contributed by atoms with Crippen molar-refractivity contribution in [1.29, 1.82) is 5.41 Å².